The van der Waals surface area contributed by atoms with Crippen molar-refractivity contribution < 1.29 is 4.79 Å². The van der Waals surface area contributed by atoms with Crippen molar-refractivity contribution in [2.45, 2.75) is 33.6 Å². The molecule has 0 aliphatic rings. The summed E-state index contributed by atoms with van der Waals surface area (Å²) in [6.07, 6.45) is 1.96. The first kappa shape index (κ1) is 15.0. The second kappa shape index (κ2) is 6.74. The molecule has 1 rings (SSSR count). The summed E-state index contributed by atoms with van der Waals surface area (Å²) in [5, 5.41) is 9.27. The van der Waals surface area contributed by atoms with Crippen molar-refractivity contribution in [1.82, 2.24) is 4.98 Å². The van der Waals surface area contributed by atoms with Gasteiger partial charge in [-0.2, -0.15) is 5.26 Å². The summed E-state index contributed by atoms with van der Waals surface area (Å²) in [6.45, 7) is 6.59. The number of amides is 1. The Bertz CT molecular complexity index is 505. The number of carbonyl (C=O) groups excluding carboxylic acids is 1. The summed E-state index contributed by atoms with van der Waals surface area (Å²) in [5.74, 6) is -0.396. The lowest BCUT2D eigenvalue weighted by molar-refractivity contribution is -0.116. The van der Waals surface area contributed by atoms with Crippen LogP contribution in [-0.4, -0.2) is 24.0 Å². The van der Waals surface area contributed by atoms with Crippen LogP contribution >= 0.6 is 0 Å². The number of aromatic nitrogens is 1. The summed E-state index contributed by atoms with van der Waals surface area (Å²) >= 11 is 0. The van der Waals surface area contributed by atoms with E-state index in [2.05, 4.69) is 18.0 Å². The Morgan fingerprint density at radius 3 is 2.74 bits per heavy atom. The SMILES string of the molecule is CCCCN(CC(N)=O)c1cc(C)nc(C)c1C#N. The molecule has 0 aromatic carbocycles. The van der Waals surface area contributed by atoms with E-state index < -0.39 is 5.91 Å². The van der Waals surface area contributed by atoms with Crippen molar-refractivity contribution in [3.63, 3.8) is 0 Å². The van der Waals surface area contributed by atoms with E-state index in [1.807, 2.05) is 17.9 Å². The first-order valence-electron chi connectivity index (χ1n) is 6.41. The molecule has 1 aromatic rings. The average Bonchev–Trinajstić information content (AvgIpc) is 2.33. The van der Waals surface area contributed by atoms with Gasteiger partial charge in [-0.25, -0.2) is 0 Å². The van der Waals surface area contributed by atoms with E-state index in [-0.39, 0.29) is 6.54 Å². The third-order valence-corrected chi connectivity index (χ3v) is 2.89. The molecule has 0 bridgehead atoms. The molecule has 1 aromatic heterocycles. The molecule has 19 heavy (non-hydrogen) atoms. The van der Waals surface area contributed by atoms with Gasteiger partial charge >= 0.3 is 0 Å². The standard InChI is InChI=1S/C14H20N4O/c1-4-5-6-18(9-14(16)19)13-7-10(2)17-11(3)12(13)8-15/h7H,4-6,9H2,1-3H3,(H2,16,19). The molecule has 5 nitrogen and oxygen atoms in total. The number of hydrogen-bond acceptors (Lipinski definition) is 4. The molecule has 0 saturated heterocycles. The molecule has 2 N–H and O–H groups in total. The second-order valence-electron chi connectivity index (χ2n) is 4.60. The summed E-state index contributed by atoms with van der Waals surface area (Å²) in [4.78, 5) is 17.3. The van der Waals surface area contributed by atoms with Gasteiger partial charge in [0.1, 0.15) is 6.07 Å². The monoisotopic (exact) mass is 260 g/mol. The number of rotatable bonds is 6. The molecule has 102 valence electrons. The number of unbranched alkanes of at least 4 members (excludes halogenated alkanes) is 1. The van der Waals surface area contributed by atoms with E-state index in [0.717, 1.165) is 24.2 Å². The van der Waals surface area contributed by atoms with Crippen molar-refractivity contribution >= 4 is 11.6 Å². The van der Waals surface area contributed by atoms with E-state index in [9.17, 15) is 10.1 Å². The zero-order valence-corrected chi connectivity index (χ0v) is 11.7. The first-order chi connectivity index (χ1) is 8.99. The summed E-state index contributed by atoms with van der Waals surface area (Å²) < 4.78 is 0. The predicted molar refractivity (Wildman–Crippen MR) is 74.7 cm³/mol. The molecule has 0 aliphatic heterocycles. The van der Waals surface area contributed by atoms with Gasteiger partial charge in [0.25, 0.3) is 0 Å². The molecule has 5 heteroatoms. The normalized spacial score (nSPS) is 10.0. The second-order valence-corrected chi connectivity index (χ2v) is 4.60. The van der Waals surface area contributed by atoms with Gasteiger partial charge in [-0.3, -0.25) is 9.78 Å². The van der Waals surface area contributed by atoms with E-state index in [1.54, 1.807) is 6.92 Å². The number of nitriles is 1. The van der Waals surface area contributed by atoms with Crippen molar-refractivity contribution in [3.05, 3.63) is 23.0 Å². The van der Waals surface area contributed by atoms with Crippen LogP contribution in [-0.2, 0) is 4.79 Å². The molecule has 0 spiro atoms. The zero-order chi connectivity index (χ0) is 14.4. The molecule has 1 heterocycles. The predicted octanol–water partition coefficient (Wildman–Crippen LogP) is 1.66. The Hall–Kier alpha value is -2.09. The highest BCUT2D eigenvalue weighted by Gasteiger charge is 2.16. The Morgan fingerprint density at radius 1 is 1.53 bits per heavy atom. The number of pyridine rings is 1. The van der Waals surface area contributed by atoms with Crippen molar-refractivity contribution in [2.24, 2.45) is 5.73 Å². The van der Waals surface area contributed by atoms with Gasteiger partial charge in [0, 0.05) is 12.2 Å². The third kappa shape index (κ3) is 3.95. The number of carbonyl (C=O) groups is 1. The van der Waals surface area contributed by atoms with Crippen molar-refractivity contribution in [3.8, 4) is 6.07 Å². The average molecular weight is 260 g/mol. The molecule has 0 atom stereocenters. The van der Waals surface area contributed by atoms with Gasteiger partial charge < -0.3 is 10.6 Å². The van der Waals surface area contributed by atoms with Gasteiger partial charge in [0.15, 0.2) is 0 Å². The molecule has 0 radical (unpaired) electrons. The number of anilines is 1. The van der Waals surface area contributed by atoms with Crippen LogP contribution in [0.2, 0.25) is 0 Å². The molecule has 0 saturated carbocycles. The minimum atomic E-state index is -0.396. The fourth-order valence-corrected chi connectivity index (χ4v) is 2.02. The number of hydrogen-bond donors (Lipinski definition) is 1. The van der Waals surface area contributed by atoms with Gasteiger partial charge in [-0.15, -0.1) is 0 Å². The molecule has 0 unspecified atom stereocenters. The van der Waals surface area contributed by atoms with Crippen LogP contribution in [0.15, 0.2) is 6.07 Å². The Labute approximate surface area is 114 Å². The molecular formula is C14H20N4O. The molecule has 0 fully saturated rings. The Morgan fingerprint density at radius 2 is 2.21 bits per heavy atom. The molecule has 1 amide bonds. The van der Waals surface area contributed by atoms with Crippen LogP contribution < -0.4 is 10.6 Å². The van der Waals surface area contributed by atoms with Crippen LogP contribution in [0.25, 0.3) is 0 Å². The number of aryl methyl sites for hydroxylation is 2. The van der Waals surface area contributed by atoms with Gasteiger partial charge in [-0.05, 0) is 26.3 Å². The maximum Gasteiger partial charge on any atom is 0.236 e. The van der Waals surface area contributed by atoms with E-state index in [0.29, 0.717) is 17.8 Å². The largest absolute Gasteiger partial charge is 0.368 e. The Balaban J connectivity index is 3.20. The maximum absolute atomic E-state index is 11.2. The fourth-order valence-electron chi connectivity index (χ4n) is 2.02. The van der Waals surface area contributed by atoms with Crippen LogP contribution in [0.3, 0.4) is 0 Å². The zero-order valence-electron chi connectivity index (χ0n) is 11.7. The van der Waals surface area contributed by atoms with Gasteiger partial charge in [-0.1, -0.05) is 13.3 Å². The number of nitrogens with two attached hydrogens (primary N) is 1. The number of nitrogens with zero attached hydrogens (tertiary/aromatic N) is 3. The lowest BCUT2D eigenvalue weighted by Gasteiger charge is -2.25. The minimum Gasteiger partial charge on any atom is -0.368 e. The third-order valence-electron chi connectivity index (χ3n) is 2.89. The van der Waals surface area contributed by atoms with Gasteiger partial charge in [0.05, 0.1) is 23.5 Å². The van der Waals surface area contributed by atoms with E-state index in [1.165, 1.54) is 0 Å². The highest BCUT2D eigenvalue weighted by atomic mass is 16.1. The highest BCUT2D eigenvalue weighted by molar-refractivity contribution is 5.80. The summed E-state index contributed by atoms with van der Waals surface area (Å²) in [6, 6.07) is 4.00. The van der Waals surface area contributed by atoms with Crippen LogP contribution in [0.1, 0.15) is 36.7 Å². The van der Waals surface area contributed by atoms with Gasteiger partial charge in [0.2, 0.25) is 5.91 Å². The highest BCUT2D eigenvalue weighted by Crippen LogP contribution is 2.23. The van der Waals surface area contributed by atoms with Crippen LogP contribution in [0.4, 0.5) is 5.69 Å². The molecule has 0 aliphatic carbocycles. The van der Waals surface area contributed by atoms with E-state index in [4.69, 9.17) is 5.73 Å². The lowest BCUT2D eigenvalue weighted by Crippen LogP contribution is -2.35. The fraction of sp³-hybridized carbons (Fsp3) is 0.500. The lowest BCUT2D eigenvalue weighted by atomic mass is 10.1. The number of primary amides is 1. The van der Waals surface area contributed by atoms with Crippen molar-refractivity contribution in [1.29, 1.82) is 5.26 Å². The minimum absolute atomic E-state index is 0.123. The molecular weight excluding hydrogens is 240 g/mol. The quantitative estimate of drug-likeness (QED) is 0.843. The van der Waals surface area contributed by atoms with E-state index >= 15 is 0 Å². The summed E-state index contributed by atoms with van der Waals surface area (Å²) in [5.41, 5.74) is 8.07. The topological polar surface area (TPSA) is 83.0 Å². The maximum atomic E-state index is 11.2. The smallest absolute Gasteiger partial charge is 0.236 e. The van der Waals surface area contributed by atoms with Crippen LogP contribution in [0, 0.1) is 25.2 Å². The van der Waals surface area contributed by atoms with Crippen LogP contribution in [0.5, 0.6) is 0 Å². The first-order valence-corrected chi connectivity index (χ1v) is 6.41. The Kier molecular flexibility index (Phi) is 5.31. The summed E-state index contributed by atoms with van der Waals surface area (Å²) in [7, 11) is 0. The van der Waals surface area contributed by atoms with Crippen molar-refractivity contribution in [2.75, 3.05) is 18.0 Å².